The molecule has 128 valence electrons. The number of aliphatic hydroxyl groups is 1. The van der Waals surface area contributed by atoms with E-state index < -0.39 is 21.9 Å². The van der Waals surface area contributed by atoms with Gasteiger partial charge < -0.3 is 9.84 Å². The lowest BCUT2D eigenvalue weighted by Gasteiger charge is -2.33. The van der Waals surface area contributed by atoms with E-state index in [0.717, 1.165) is 0 Å². The lowest BCUT2D eigenvalue weighted by molar-refractivity contribution is 0.166. The molecule has 2 aromatic carbocycles. The van der Waals surface area contributed by atoms with Crippen LogP contribution in [0.3, 0.4) is 0 Å². The fraction of sp³-hybridized carbons (Fsp3) is 0.294. The van der Waals surface area contributed by atoms with Crippen molar-refractivity contribution in [3.05, 3.63) is 53.3 Å². The minimum absolute atomic E-state index is 0.133. The third-order valence-corrected chi connectivity index (χ3v) is 6.15. The first kappa shape index (κ1) is 16.7. The quantitative estimate of drug-likeness (QED) is 0.923. The van der Waals surface area contributed by atoms with E-state index in [1.165, 1.54) is 35.7 Å². The molecule has 0 aliphatic carbocycles. The van der Waals surface area contributed by atoms with Gasteiger partial charge in [-0.1, -0.05) is 0 Å². The largest absolute Gasteiger partial charge is 0.497 e. The number of benzene rings is 2. The first-order valence-electron chi connectivity index (χ1n) is 7.49. The van der Waals surface area contributed by atoms with Crippen LogP contribution in [0.2, 0.25) is 0 Å². The normalized spacial score (nSPS) is 17.5. The highest BCUT2D eigenvalue weighted by atomic mass is 32.2. The summed E-state index contributed by atoms with van der Waals surface area (Å²) in [6, 6.07) is 8.51. The molecule has 1 N–H and O–H groups in total. The summed E-state index contributed by atoms with van der Waals surface area (Å²) < 4.78 is 45.9. The van der Waals surface area contributed by atoms with Crippen molar-refractivity contribution in [2.24, 2.45) is 0 Å². The minimum atomic E-state index is -3.82. The molecule has 0 fully saturated rings. The molecule has 1 aliphatic heterocycles. The van der Waals surface area contributed by atoms with Crippen molar-refractivity contribution < 1.29 is 22.7 Å². The number of aliphatic hydroxyl groups excluding tert-OH is 1. The zero-order chi connectivity index (χ0) is 17.5. The average molecular weight is 351 g/mol. The van der Waals surface area contributed by atoms with E-state index >= 15 is 0 Å². The first-order valence-corrected chi connectivity index (χ1v) is 8.93. The molecule has 2 aromatic rings. The number of hydrogen-bond donors (Lipinski definition) is 1. The molecule has 0 radical (unpaired) electrons. The fourth-order valence-corrected chi connectivity index (χ4v) is 4.66. The molecule has 24 heavy (non-hydrogen) atoms. The predicted molar refractivity (Wildman–Crippen MR) is 88.2 cm³/mol. The van der Waals surface area contributed by atoms with Gasteiger partial charge in [0.25, 0.3) is 10.0 Å². The summed E-state index contributed by atoms with van der Waals surface area (Å²) in [7, 11) is -2.31. The molecule has 1 atom stereocenters. The summed E-state index contributed by atoms with van der Waals surface area (Å²) in [6.07, 6.45) is -0.663. The van der Waals surface area contributed by atoms with Crippen molar-refractivity contribution in [3.63, 3.8) is 0 Å². The summed E-state index contributed by atoms with van der Waals surface area (Å²) in [5.41, 5.74) is 1.16. The highest BCUT2D eigenvalue weighted by molar-refractivity contribution is 7.92. The Labute approximate surface area is 140 Å². The van der Waals surface area contributed by atoms with Crippen molar-refractivity contribution in [2.45, 2.75) is 24.3 Å². The van der Waals surface area contributed by atoms with Crippen LogP contribution in [0, 0.1) is 12.7 Å². The van der Waals surface area contributed by atoms with Crippen LogP contribution in [0.15, 0.2) is 41.3 Å². The third-order valence-electron chi connectivity index (χ3n) is 4.17. The van der Waals surface area contributed by atoms with Crippen molar-refractivity contribution in [1.29, 1.82) is 0 Å². The van der Waals surface area contributed by atoms with Gasteiger partial charge in [0.2, 0.25) is 0 Å². The van der Waals surface area contributed by atoms with Gasteiger partial charge in [-0.05, 0) is 55.3 Å². The van der Waals surface area contributed by atoms with Crippen LogP contribution < -0.4 is 9.04 Å². The summed E-state index contributed by atoms with van der Waals surface area (Å²) in [6.45, 7) is 1.83. The molecule has 0 bridgehead atoms. The van der Waals surface area contributed by atoms with Gasteiger partial charge in [0.15, 0.2) is 0 Å². The zero-order valence-electron chi connectivity index (χ0n) is 13.4. The van der Waals surface area contributed by atoms with Crippen molar-refractivity contribution in [2.75, 3.05) is 18.0 Å². The smallest absolute Gasteiger partial charge is 0.264 e. The van der Waals surface area contributed by atoms with Crippen LogP contribution in [0.4, 0.5) is 10.1 Å². The van der Waals surface area contributed by atoms with Crippen LogP contribution in [0.25, 0.3) is 0 Å². The Morgan fingerprint density at radius 3 is 2.67 bits per heavy atom. The second-order valence-electron chi connectivity index (χ2n) is 5.72. The van der Waals surface area contributed by atoms with Gasteiger partial charge in [-0.25, -0.2) is 12.8 Å². The highest BCUT2D eigenvalue weighted by Crippen LogP contribution is 2.38. The number of hydrogen-bond acceptors (Lipinski definition) is 4. The molecule has 1 heterocycles. The molecule has 0 aromatic heterocycles. The number of fused-ring (bicyclic) bond motifs is 1. The van der Waals surface area contributed by atoms with E-state index in [1.807, 2.05) is 0 Å². The molecule has 5 nitrogen and oxygen atoms in total. The Morgan fingerprint density at radius 1 is 1.25 bits per heavy atom. The summed E-state index contributed by atoms with van der Waals surface area (Å²) in [5, 5.41) is 10.1. The summed E-state index contributed by atoms with van der Waals surface area (Å²) in [5.74, 6) is 0.0654. The number of methoxy groups -OCH3 is 1. The summed E-state index contributed by atoms with van der Waals surface area (Å²) in [4.78, 5) is 0.162. The molecule has 1 aliphatic rings. The first-order chi connectivity index (χ1) is 11.3. The SMILES string of the molecule is COc1ccc(S(=O)(=O)N2CCC(O)c3cc(F)ccc32)c(C)c1. The van der Waals surface area contributed by atoms with Gasteiger partial charge in [-0.2, -0.15) is 0 Å². The summed E-state index contributed by atoms with van der Waals surface area (Å²) >= 11 is 0. The van der Waals surface area contributed by atoms with Gasteiger partial charge in [-0.15, -0.1) is 0 Å². The van der Waals surface area contributed by atoms with Crippen molar-refractivity contribution in [3.8, 4) is 5.75 Å². The number of halogens is 1. The van der Waals surface area contributed by atoms with Gasteiger partial charge in [-0.3, -0.25) is 4.31 Å². The van der Waals surface area contributed by atoms with E-state index in [9.17, 15) is 17.9 Å². The predicted octanol–water partition coefficient (Wildman–Crippen LogP) is 2.78. The van der Waals surface area contributed by atoms with E-state index in [0.29, 0.717) is 17.0 Å². The molecular formula is C17H18FNO4S. The lowest BCUT2D eigenvalue weighted by Crippen LogP contribution is -2.37. The molecule has 0 saturated heterocycles. The number of nitrogens with zero attached hydrogens (tertiary/aromatic N) is 1. The molecule has 3 rings (SSSR count). The number of sulfonamides is 1. The van der Waals surface area contributed by atoms with Crippen LogP contribution in [0.5, 0.6) is 5.75 Å². The number of anilines is 1. The Balaban J connectivity index is 2.10. The standard InChI is InChI=1S/C17H18FNO4S/c1-11-9-13(23-2)4-6-17(11)24(21,22)19-8-7-16(20)14-10-12(18)3-5-15(14)19/h3-6,9-10,16,20H,7-8H2,1-2H3. The molecule has 0 spiro atoms. The Morgan fingerprint density at radius 2 is 2.00 bits per heavy atom. The zero-order valence-corrected chi connectivity index (χ0v) is 14.2. The van der Waals surface area contributed by atoms with Crippen molar-refractivity contribution >= 4 is 15.7 Å². The van der Waals surface area contributed by atoms with E-state index in [2.05, 4.69) is 0 Å². The van der Waals surface area contributed by atoms with E-state index in [4.69, 9.17) is 4.74 Å². The fourth-order valence-electron chi connectivity index (χ4n) is 2.94. The Kier molecular flexibility index (Phi) is 4.23. The van der Waals surface area contributed by atoms with Gasteiger partial charge >= 0.3 is 0 Å². The van der Waals surface area contributed by atoms with E-state index in [1.54, 1.807) is 19.1 Å². The molecule has 1 unspecified atom stereocenters. The number of rotatable bonds is 3. The molecule has 7 heteroatoms. The second kappa shape index (κ2) is 6.07. The van der Waals surface area contributed by atoms with Gasteiger partial charge in [0.05, 0.1) is 23.8 Å². The number of aryl methyl sites for hydroxylation is 1. The topological polar surface area (TPSA) is 66.8 Å². The highest BCUT2D eigenvalue weighted by Gasteiger charge is 2.33. The van der Waals surface area contributed by atoms with Gasteiger partial charge in [0, 0.05) is 12.1 Å². The maximum Gasteiger partial charge on any atom is 0.264 e. The third kappa shape index (κ3) is 2.74. The molecule has 0 amide bonds. The van der Waals surface area contributed by atoms with E-state index in [-0.39, 0.29) is 23.4 Å². The maximum atomic E-state index is 13.5. The maximum absolute atomic E-state index is 13.5. The lowest BCUT2D eigenvalue weighted by atomic mass is 10.0. The van der Waals surface area contributed by atoms with Crippen LogP contribution in [-0.2, 0) is 10.0 Å². The van der Waals surface area contributed by atoms with Crippen LogP contribution >= 0.6 is 0 Å². The van der Waals surface area contributed by atoms with Crippen LogP contribution in [0.1, 0.15) is 23.7 Å². The Bertz CT molecular complexity index is 882. The second-order valence-corrected chi connectivity index (χ2v) is 7.55. The molecular weight excluding hydrogens is 333 g/mol. The minimum Gasteiger partial charge on any atom is -0.497 e. The Hall–Kier alpha value is -2.12. The average Bonchev–Trinajstić information content (AvgIpc) is 2.55. The monoisotopic (exact) mass is 351 g/mol. The molecule has 0 saturated carbocycles. The van der Waals surface area contributed by atoms with Crippen LogP contribution in [-0.4, -0.2) is 27.2 Å². The van der Waals surface area contributed by atoms with Crippen molar-refractivity contribution in [1.82, 2.24) is 0 Å². The number of ether oxygens (including phenoxy) is 1. The van der Waals surface area contributed by atoms with Gasteiger partial charge in [0.1, 0.15) is 11.6 Å².